The molecule has 23 heavy (non-hydrogen) atoms. The third-order valence-electron chi connectivity index (χ3n) is 3.74. The summed E-state index contributed by atoms with van der Waals surface area (Å²) in [6, 6.07) is 5.91. The minimum absolute atomic E-state index is 0.0639. The zero-order valence-electron chi connectivity index (χ0n) is 13.3. The van der Waals surface area contributed by atoms with E-state index in [4.69, 9.17) is 14.6 Å². The number of halogens is 1. The van der Waals surface area contributed by atoms with Crippen molar-refractivity contribution in [3.63, 3.8) is 0 Å². The number of nitrogens with zero attached hydrogens (tertiary/aromatic N) is 2. The van der Waals surface area contributed by atoms with Gasteiger partial charge in [-0.15, -0.1) is 0 Å². The molecule has 1 aliphatic rings. The van der Waals surface area contributed by atoms with Crippen LogP contribution in [0.4, 0.5) is 4.39 Å². The maximum Gasteiger partial charge on any atom is 0.260 e. The van der Waals surface area contributed by atoms with Gasteiger partial charge in [-0.25, -0.2) is 4.39 Å². The van der Waals surface area contributed by atoms with Crippen molar-refractivity contribution in [2.75, 3.05) is 53.1 Å². The number of aliphatic hydroxyl groups is 1. The number of morpholine rings is 1. The van der Waals surface area contributed by atoms with Gasteiger partial charge in [-0.05, 0) is 19.2 Å². The van der Waals surface area contributed by atoms with Gasteiger partial charge in [0.1, 0.15) is 0 Å². The van der Waals surface area contributed by atoms with Gasteiger partial charge in [0, 0.05) is 19.6 Å². The lowest BCUT2D eigenvalue weighted by Crippen LogP contribution is -2.54. The zero-order valence-corrected chi connectivity index (χ0v) is 13.3. The topological polar surface area (TPSA) is 62.2 Å². The average molecular weight is 326 g/mol. The number of para-hydroxylation sites is 1. The Balaban J connectivity index is 1.91. The summed E-state index contributed by atoms with van der Waals surface area (Å²) in [6.45, 7) is 2.40. The van der Waals surface area contributed by atoms with Crippen LogP contribution in [-0.2, 0) is 9.53 Å². The Kier molecular flexibility index (Phi) is 6.76. The zero-order chi connectivity index (χ0) is 16.7. The Labute approximate surface area is 135 Å². The fraction of sp³-hybridized carbons (Fsp3) is 0.562. The Morgan fingerprint density at radius 2 is 2.30 bits per heavy atom. The smallest absolute Gasteiger partial charge is 0.260 e. The maximum absolute atomic E-state index is 13.5. The van der Waals surface area contributed by atoms with Gasteiger partial charge in [-0.3, -0.25) is 4.79 Å². The van der Waals surface area contributed by atoms with Crippen LogP contribution in [0.25, 0.3) is 0 Å². The molecule has 1 unspecified atom stereocenters. The summed E-state index contributed by atoms with van der Waals surface area (Å²) in [5, 5.41) is 8.97. The molecular formula is C16H23FN2O4. The third kappa shape index (κ3) is 5.16. The molecule has 1 aromatic rings. The van der Waals surface area contributed by atoms with Crippen LogP contribution in [0.5, 0.6) is 5.75 Å². The molecule has 0 spiro atoms. The van der Waals surface area contributed by atoms with Crippen molar-refractivity contribution in [2.24, 2.45) is 0 Å². The van der Waals surface area contributed by atoms with Gasteiger partial charge in [0.2, 0.25) is 0 Å². The van der Waals surface area contributed by atoms with Crippen molar-refractivity contribution in [2.45, 2.75) is 6.04 Å². The molecule has 0 saturated carbocycles. The second kappa shape index (κ2) is 8.81. The van der Waals surface area contributed by atoms with E-state index >= 15 is 0 Å². The number of ether oxygens (including phenoxy) is 2. The number of benzene rings is 1. The van der Waals surface area contributed by atoms with Gasteiger partial charge >= 0.3 is 0 Å². The number of hydrogen-bond donors (Lipinski definition) is 1. The molecule has 1 fully saturated rings. The monoisotopic (exact) mass is 326 g/mol. The van der Waals surface area contributed by atoms with E-state index < -0.39 is 5.82 Å². The summed E-state index contributed by atoms with van der Waals surface area (Å²) in [4.78, 5) is 16.0. The van der Waals surface area contributed by atoms with Gasteiger partial charge in [0.05, 0.1) is 25.9 Å². The van der Waals surface area contributed by atoms with E-state index in [-0.39, 0.29) is 30.9 Å². The number of rotatable bonds is 7. The molecule has 1 saturated heterocycles. The van der Waals surface area contributed by atoms with Crippen molar-refractivity contribution in [1.29, 1.82) is 0 Å². The molecular weight excluding hydrogens is 303 g/mol. The lowest BCUT2D eigenvalue weighted by Gasteiger charge is -2.37. The molecule has 1 heterocycles. The number of amides is 1. The van der Waals surface area contributed by atoms with E-state index in [9.17, 15) is 9.18 Å². The summed E-state index contributed by atoms with van der Waals surface area (Å²) in [5.74, 6) is -0.608. The summed E-state index contributed by atoms with van der Waals surface area (Å²) in [6.07, 6.45) is 0. The standard InChI is InChI=1S/C16H23FN2O4/c1-18(6-8-20)10-13-11-22-9-7-19(13)16(21)12-23-15-5-3-2-4-14(15)17/h2-5,13,20H,6-12H2,1H3. The molecule has 1 aliphatic heterocycles. The Hall–Kier alpha value is -1.70. The number of carbonyl (C=O) groups is 1. The van der Waals surface area contributed by atoms with E-state index in [1.807, 2.05) is 11.9 Å². The highest BCUT2D eigenvalue weighted by Gasteiger charge is 2.28. The van der Waals surface area contributed by atoms with Gasteiger partial charge < -0.3 is 24.4 Å². The number of carbonyl (C=O) groups excluding carboxylic acids is 1. The van der Waals surface area contributed by atoms with E-state index in [0.717, 1.165) is 0 Å². The van der Waals surface area contributed by atoms with Crippen molar-refractivity contribution >= 4 is 5.91 Å². The minimum atomic E-state index is -0.485. The van der Waals surface area contributed by atoms with Gasteiger partial charge in [0.15, 0.2) is 18.2 Å². The molecule has 1 atom stereocenters. The molecule has 0 radical (unpaired) electrons. The first kappa shape index (κ1) is 17.7. The lowest BCUT2D eigenvalue weighted by atomic mass is 10.2. The summed E-state index contributed by atoms with van der Waals surface area (Å²) < 4.78 is 24.2. The first-order chi connectivity index (χ1) is 11.1. The summed E-state index contributed by atoms with van der Waals surface area (Å²) >= 11 is 0. The van der Waals surface area contributed by atoms with E-state index in [1.165, 1.54) is 12.1 Å². The second-order valence-corrected chi connectivity index (χ2v) is 5.52. The second-order valence-electron chi connectivity index (χ2n) is 5.52. The quantitative estimate of drug-likeness (QED) is 0.784. The van der Waals surface area contributed by atoms with Crippen LogP contribution < -0.4 is 4.74 Å². The molecule has 0 aliphatic carbocycles. The van der Waals surface area contributed by atoms with Crippen LogP contribution in [0.3, 0.4) is 0 Å². The molecule has 1 aromatic carbocycles. The Bertz CT molecular complexity index is 515. The van der Waals surface area contributed by atoms with Crippen molar-refractivity contribution in [3.8, 4) is 5.75 Å². The molecule has 7 heteroatoms. The first-order valence-electron chi connectivity index (χ1n) is 7.65. The Morgan fingerprint density at radius 3 is 3.04 bits per heavy atom. The molecule has 1 N–H and O–H groups in total. The van der Waals surface area contributed by atoms with Crippen molar-refractivity contribution in [3.05, 3.63) is 30.1 Å². The lowest BCUT2D eigenvalue weighted by molar-refractivity contribution is -0.142. The maximum atomic E-state index is 13.5. The van der Waals surface area contributed by atoms with Crippen LogP contribution in [0.2, 0.25) is 0 Å². The highest BCUT2D eigenvalue weighted by Crippen LogP contribution is 2.16. The summed E-state index contributed by atoms with van der Waals surface area (Å²) in [7, 11) is 1.88. The van der Waals surface area contributed by atoms with Crippen molar-refractivity contribution < 1.29 is 23.8 Å². The molecule has 1 amide bonds. The molecule has 6 nitrogen and oxygen atoms in total. The first-order valence-corrected chi connectivity index (χ1v) is 7.65. The normalized spacial score (nSPS) is 18.3. The van der Waals surface area contributed by atoms with Crippen LogP contribution in [-0.4, -0.2) is 80.0 Å². The largest absolute Gasteiger partial charge is 0.481 e. The number of likely N-dealkylation sites (N-methyl/N-ethyl adjacent to an activating group) is 1. The molecule has 2 rings (SSSR count). The van der Waals surface area contributed by atoms with E-state index in [1.54, 1.807) is 17.0 Å². The SMILES string of the molecule is CN(CCO)CC1COCCN1C(=O)COc1ccccc1F. The predicted molar refractivity (Wildman–Crippen MR) is 82.8 cm³/mol. The Morgan fingerprint density at radius 1 is 1.52 bits per heavy atom. The highest BCUT2D eigenvalue weighted by molar-refractivity contribution is 5.78. The fourth-order valence-corrected chi connectivity index (χ4v) is 2.54. The molecule has 0 bridgehead atoms. The van der Waals surface area contributed by atoms with E-state index in [0.29, 0.717) is 32.8 Å². The van der Waals surface area contributed by atoms with Gasteiger partial charge in [-0.2, -0.15) is 0 Å². The predicted octanol–water partition coefficient (Wildman–Crippen LogP) is 0.356. The van der Waals surface area contributed by atoms with Gasteiger partial charge in [0.25, 0.3) is 5.91 Å². The third-order valence-corrected chi connectivity index (χ3v) is 3.74. The van der Waals surface area contributed by atoms with Crippen LogP contribution in [0.1, 0.15) is 0 Å². The van der Waals surface area contributed by atoms with Gasteiger partial charge in [-0.1, -0.05) is 12.1 Å². The van der Waals surface area contributed by atoms with Crippen LogP contribution >= 0.6 is 0 Å². The van der Waals surface area contributed by atoms with Crippen LogP contribution in [0.15, 0.2) is 24.3 Å². The fourth-order valence-electron chi connectivity index (χ4n) is 2.54. The van der Waals surface area contributed by atoms with Crippen LogP contribution in [0, 0.1) is 5.82 Å². The molecule has 0 aromatic heterocycles. The summed E-state index contributed by atoms with van der Waals surface area (Å²) in [5.41, 5.74) is 0. The van der Waals surface area contributed by atoms with E-state index in [2.05, 4.69) is 0 Å². The average Bonchev–Trinajstić information content (AvgIpc) is 2.54. The minimum Gasteiger partial charge on any atom is -0.481 e. The molecule has 128 valence electrons. The number of aliphatic hydroxyl groups excluding tert-OH is 1. The number of hydrogen-bond acceptors (Lipinski definition) is 5. The van der Waals surface area contributed by atoms with Crippen molar-refractivity contribution in [1.82, 2.24) is 9.80 Å². The highest BCUT2D eigenvalue weighted by atomic mass is 19.1.